The third kappa shape index (κ3) is 3.12. The van der Waals surface area contributed by atoms with E-state index in [4.69, 9.17) is 7.57 Å². The van der Waals surface area contributed by atoms with Gasteiger partial charge in [0.1, 0.15) is 0 Å². The highest BCUT2D eigenvalue weighted by atomic mass is 31.2. The van der Waals surface area contributed by atoms with E-state index in [9.17, 15) is 0 Å². The van der Waals surface area contributed by atoms with Gasteiger partial charge < -0.3 is 0 Å². The highest BCUT2D eigenvalue weighted by Crippen LogP contribution is 2.55. The molecule has 2 heteroatoms. The molecule has 2 radical (unpaired) electrons. The van der Waals surface area contributed by atoms with Crippen molar-refractivity contribution in [3.8, 4) is 0 Å². The van der Waals surface area contributed by atoms with Gasteiger partial charge in [-0.2, -0.15) is 0 Å². The van der Waals surface area contributed by atoms with Gasteiger partial charge in [-0.1, -0.05) is 61.2 Å². The lowest BCUT2D eigenvalue weighted by Gasteiger charge is -2.22. The maximum atomic E-state index is 6.70. The van der Waals surface area contributed by atoms with Crippen LogP contribution in [0.3, 0.4) is 0 Å². The molecule has 0 spiro atoms. The highest BCUT2D eigenvalue weighted by molar-refractivity contribution is 8.02. The van der Waals surface area contributed by atoms with Gasteiger partial charge in [-0.3, -0.25) is 0 Å². The second-order valence-corrected chi connectivity index (χ2v) is 7.75. The van der Waals surface area contributed by atoms with Gasteiger partial charge in [-0.25, -0.2) is 0 Å². The summed E-state index contributed by atoms with van der Waals surface area (Å²) in [5.41, 5.74) is 1.30. The lowest BCUT2D eigenvalue weighted by atomic mass is 10.2. The standard InChI is InChI=1S/C16H17BP/c1-2-13-18(17,16-11-7-4-8-12-16)14-15-9-5-3-6-10-15/h2-12H,1,13-14H2/q+1. The van der Waals surface area contributed by atoms with Crippen molar-refractivity contribution < 1.29 is 0 Å². The summed E-state index contributed by atoms with van der Waals surface area (Å²) in [5, 5.41) is 1.27. The Kier molecular flexibility index (Phi) is 4.39. The molecular formula is C16H17BP+. The molecule has 0 heterocycles. The van der Waals surface area contributed by atoms with Gasteiger partial charge in [0.25, 0.3) is 0 Å². The van der Waals surface area contributed by atoms with Crippen molar-refractivity contribution in [1.82, 2.24) is 0 Å². The topological polar surface area (TPSA) is 0 Å². The SMILES string of the molecule is [B][P+](CC=C)(Cc1ccccc1)c1ccccc1. The number of allylic oxidation sites excluding steroid dienone is 1. The molecule has 0 amide bonds. The molecule has 18 heavy (non-hydrogen) atoms. The number of rotatable bonds is 5. The van der Waals surface area contributed by atoms with Gasteiger partial charge in [0.15, 0.2) is 0 Å². The van der Waals surface area contributed by atoms with Crippen LogP contribution in [0.25, 0.3) is 0 Å². The largest absolute Gasteiger partial charge is 0.371 e. The molecule has 88 valence electrons. The van der Waals surface area contributed by atoms with Gasteiger partial charge >= 0.3 is 7.57 Å². The molecule has 0 bridgehead atoms. The molecule has 1 unspecified atom stereocenters. The molecule has 1 atom stereocenters. The van der Waals surface area contributed by atoms with E-state index in [2.05, 4.69) is 55.1 Å². The summed E-state index contributed by atoms with van der Waals surface area (Å²) < 4.78 is 0. The predicted molar refractivity (Wildman–Crippen MR) is 84.0 cm³/mol. The van der Waals surface area contributed by atoms with Crippen molar-refractivity contribution in [3.05, 3.63) is 78.9 Å². The molecule has 0 aliphatic rings. The minimum absolute atomic E-state index is 0.881. The molecule has 2 rings (SSSR count). The molecule has 0 aliphatic heterocycles. The first-order chi connectivity index (χ1) is 8.74. The summed E-state index contributed by atoms with van der Waals surface area (Å²) >= 11 is 0. The Morgan fingerprint density at radius 2 is 1.50 bits per heavy atom. The molecule has 0 aliphatic carbocycles. The van der Waals surface area contributed by atoms with Crippen LogP contribution < -0.4 is 5.30 Å². The molecule has 0 saturated heterocycles. The molecular weight excluding hydrogens is 234 g/mol. The predicted octanol–water partition coefficient (Wildman–Crippen LogP) is 3.80. The van der Waals surface area contributed by atoms with Crippen LogP contribution in [0.15, 0.2) is 73.3 Å². The van der Waals surface area contributed by atoms with Gasteiger partial charge in [-0.05, 0) is 17.7 Å². The molecule has 2 aromatic carbocycles. The van der Waals surface area contributed by atoms with Gasteiger partial charge in [0.2, 0.25) is 0 Å². The third-order valence-corrected chi connectivity index (χ3v) is 6.20. The van der Waals surface area contributed by atoms with Crippen LogP contribution in [0.4, 0.5) is 0 Å². The zero-order chi connectivity index (χ0) is 12.8. The smallest absolute Gasteiger partial charge is 0.0996 e. The summed E-state index contributed by atoms with van der Waals surface area (Å²) in [5.74, 6) is 0. The van der Waals surface area contributed by atoms with Crippen LogP contribution in [0.5, 0.6) is 0 Å². The van der Waals surface area contributed by atoms with E-state index >= 15 is 0 Å². The summed E-state index contributed by atoms with van der Waals surface area (Å²) in [6.45, 7) is 3.86. The van der Waals surface area contributed by atoms with Crippen molar-refractivity contribution in [3.63, 3.8) is 0 Å². The van der Waals surface area contributed by atoms with Crippen LogP contribution in [-0.4, -0.2) is 13.7 Å². The number of benzene rings is 2. The van der Waals surface area contributed by atoms with Crippen LogP contribution in [0.2, 0.25) is 0 Å². The quantitative estimate of drug-likeness (QED) is 0.430. The van der Waals surface area contributed by atoms with Crippen molar-refractivity contribution in [1.29, 1.82) is 0 Å². The van der Waals surface area contributed by atoms with Gasteiger partial charge in [0.05, 0.1) is 17.6 Å². The second kappa shape index (κ2) is 6.02. The third-order valence-electron chi connectivity index (χ3n) is 3.03. The Hall–Kier alpha value is -1.33. The first-order valence-electron chi connectivity index (χ1n) is 6.11. The Morgan fingerprint density at radius 3 is 2.06 bits per heavy atom. The Morgan fingerprint density at radius 1 is 0.944 bits per heavy atom. The van der Waals surface area contributed by atoms with Crippen molar-refractivity contribution >= 4 is 20.0 Å². The van der Waals surface area contributed by atoms with Crippen LogP contribution in [0.1, 0.15) is 5.56 Å². The molecule has 0 N–H and O–H groups in total. The first kappa shape index (κ1) is 13.1. The van der Waals surface area contributed by atoms with E-state index in [0.717, 1.165) is 12.3 Å². The van der Waals surface area contributed by atoms with Crippen LogP contribution in [0, 0.1) is 0 Å². The van der Waals surface area contributed by atoms with Crippen molar-refractivity contribution in [2.75, 3.05) is 6.16 Å². The normalized spacial score (nSPS) is 13.8. The van der Waals surface area contributed by atoms with Crippen molar-refractivity contribution in [2.45, 2.75) is 6.16 Å². The minimum atomic E-state index is -1.66. The number of hydrogen-bond acceptors (Lipinski definition) is 0. The minimum Gasteiger partial charge on any atom is -0.0996 e. The molecule has 0 aromatic heterocycles. The fourth-order valence-electron chi connectivity index (χ4n) is 2.13. The van der Waals surface area contributed by atoms with E-state index in [0.29, 0.717) is 0 Å². The highest BCUT2D eigenvalue weighted by Gasteiger charge is 2.33. The van der Waals surface area contributed by atoms with Crippen molar-refractivity contribution in [2.24, 2.45) is 0 Å². The molecule has 2 aromatic rings. The Bertz CT molecular complexity index is 495. The zero-order valence-electron chi connectivity index (χ0n) is 10.5. The maximum Gasteiger partial charge on any atom is 0.371 e. The summed E-state index contributed by atoms with van der Waals surface area (Å²) in [6, 6.07) is 20.9. The summed E-state index contributed by atoms with van der Waals surface area (Å²) in [6.07, 6.45) is 3.76. The van der Waals surface area contributed by atoms with Gasteiger partial charge in [-0.15, -0.1) is 0 Å². The summed E-state index contributed by atoms with van der Waals surface area (Å²) in [4.78, 5) is 0. The van der Waals surface area contributed by atoms with E-state index in [1.165, 1.54) is 10.9 Å². The fraction of sp³-hybridized carbons (Fsp3) is 0.125. The van der Waals surface area contributed by atoms with Crippen LogP contribution >= 0.6 is 7.14 Å². The lowest BCUT2D eigenvalue weighted by molar-refractivity contribution is 1.38. The van der Waals surface area contributed by atoms with E-state index in [1.54, 1.807) is 0 Å². The van der Waals surface area contributed by atoms with E-state index < -0.39 is 7.14 Å². The Balaban J connectivity index is 2.30. The Labute approximate surface area is 111 Å². The maximum absolute atomic E-state index is 6.70. The van der Waals surface area contributed by atoms with E-state index in [1.807, 2.05) is 18.2 Å². The van der Waals surface area contributed by atoms with Gasteiger partial charge in [0, 0.05) is 7.14 Å². The van der Waals surface area contributed by atoms with Crippen LogP contribution in [-0.2, 0) is 6.16 Å². The van der Waals surface area contributed by atoms with E-state index in [-0.39, 0.29) is 0 Å². The second-order valence-electron chi connectivity index (χ2n) is 4.48. The molecule has 0 fully saturated rings. The summed E-state index contributed by atoms with van der Waals surface area (Å²) in [7, 11) is 5.04. The first-order valence-corrected chi connectivity index (χ1v) is 8.33. The molecule has 0 saturated carbocycles. The lowest BCUT2D eigenvalue weighted by Crippen LogP contribution is -2.15. The fourth-order valence-corrected chi connectivity index (χ4v) is 4.74. The zero-order valence-corrected chi connectivity index (χ0v) is 11.4. The average Bonchev–Trinajstić information content (AvgIpc) is 2.41. The average molecular weight is 251 g/mol. The monoisotopic (exact) mass is 251 g/mol. The molecule has 0 nitrogen and oxygen atoms in total. The number of hydrogen-bond donors (Lipinski definition) is 0.